The van der Waals surface area contributed by atoms with Gasteiger partial charge in [-0.2, -0.15) is 0 Å². The number of benzene rings is 10. The van der Waals surface area contributed by atoms with Crippen LogP contribution < -0.4 is 4.90 Å². The van der Waals surface area contributed by atoms with Crippen molar-refractivity contribution in [3.8, 4) is 27.9 Å². The fourth-order valence-corrected chi connectivity index (χ4v) is 8.65. The summed E-state index contributed by atoms with van der Waals surface area (Å²) in [5, 5.41) is 9.95. The van der Waals surface area contributed by atoms with Crippen molar-refractivity contribution >= 4 is 71.2 Å². The zero-order chi connectivity index (χ0) is 37.0. The second kappa shape index (κ2) is 13.2. The van der Waals surface area contributed by atoms with Gasteiger partial charge >= 0.3 is 0 Å². The monoisotopic (exact) mass is 712 g/mol. The van der Waals surface area contributed by atoms with E-state index >= 15 is 0 Å². The van der Waals surface area contributed by atoms with Crippen LogP contribution in [0.2, 0.25) is 0 Å². The Balaban J connectivity index is 1.03. The molecular formula is C54H36N2. The van der Waals surface area contributed by atoms with E-state index in [0.29, 0.717) is 0 Å². The lowest BCUT2D eigenvalue weighted by atomic mass is 9.98. The van der Waals surface area contributed by atoms with Gasteiger partial charge in [0.05, 0.1) is 11.0 Å². The van der Waals surface area contributed by atoms with Gasteiger partial charge in [-0.1, -0.05) is 164 Å². The number of nitrogens with zero attached hydrogens (tertiary/aromatic N) is 2. The highest BCUT2D eigenvalue weighted by molar-refractivity contribution is 6.18. The third kappa shape index (κ3) is 5.34. The van der Waals surface area contributed by atoms with E-state index in [9.17, 15) is 0 Å². The molecule has 2 nitrogen and oxygen atoms in total. The minimum Gasteiger partial charge on any atom is -0.310 e. The molecule has 0 aliphatic carbocycles. The standard InChI is InChI=1S/C54H36N2/c1-2-11-37(12-3-1)38-21-28-44(29-22-38)55(45-30-23-41(24-31-45)49-19-10-15-39-13-4-6-16-48(39)49)46-32-25-43-36-47(33-26-42(43)35-46)56-53-20-9-8-18-51(53)52-34-27-40-14-5-7-17-50(40)54(52)56/h1-36H. The average molecular weight is 713 g/mol. The minimum atomic E-state index is 1.11. The van der Waals surface area contributed by atoms with Gasteiger partial charge in [-0.05, 0) is 104 Å². The molecule has 56 heavy (non-hydrogen) atoms. The van der Waals surface area contributed by atoms with Crippen LogP contribution in [0.5, 0.6) is 0 Å². The van der Waals surface area contributed by atoms with E-state index in [-0.39, 0.29) is 0 Å². The van der Waals surface area contributed by atoms with Crippen molar-refractivity contribution in [1.82, 2.24) is 4.57 Å². The van der Waals surface area contributed by atoms with Crippen LogP contribution in [0.4, 0.5) is 17.1 Å². The lowest BCUT2D eigenvalue weighted by molar-refractivity contribution is 1.19. The number of rotatable bonds is 6. The highest BCUT2D eigenvalue weighted by Gasteiger charge is 2.17. The first-order valence-corrected chi connectivity index (χ1v) is 19.3. The van der Waals surface area contributed by atoms with Crippen molar-refractivity contribution in [1.29, 1.82) is 0 Å². The van der Waals surface area contributed by atoms with Gasteiger partial charge in [0, 0.05) is 38.9 Å². The Morgan fingerprint density at radius 3 is 1.64 bits per heavy atom. The summed E-state index contributed by atoms with van der Waals surface area (Å²) < 4.78 is 2.44. The number of hydrogen-bond donors (Lipinski definition) is 0. The molecule has 0 spiro atoms. The Morgan fingerprint density at radius 2 is 0.857 bits per heavy atom. The van der Waals surface area contributed by atoms with Crippen molar-refractivity contribution in [3.05, 3.63) is 218 Å². The van der Waals surface area contributed by atoms with Gasteiger partial charge in [0.1, 0.15) is 0 Å². The van der Waals surface area contributed by atoms with Gasteiger partial charge in [-0.25, -0.2) is 0 Å². The van der Waals surface area contributed by atoms with Crippen LogP contribution in [-0.2, 0) is 0 Å². The molecule has 1 heterocycles. The summed E-state index contributed by atoms with van der Waals surface area (Å²) in [6.45, 7) is 0. The van der Waals surface area contributed by atoms with Crippen LogP contribution in [0.3, 0.4) is 0 Å². The highest BCUT2D eigenvalue weighted by Crippen LogP contribution is 2.41. The minimum absolute atomic E-state index is 1.11. The van der Waals surface area contributed by atoms with Gasteiger partial charge in [-0.3, -0.25) is 0 Å². The first-order valence-electron chi connectivity index (χ1n) is 19.3. The molecule has 0 aliphatic heterocycles. The molecule has 0 N–H and O–H groups in total. The maximum Gasteiger partial charge on any atom is 0.0619 e. The van der Waals surface area contributed by atoms with Gasteiger partial charge in [0.2, 0.25) is 0 Å². The van der Waals surface area contributed by atoms with Crippen LogP contribution in [0.1, 0.15) is 0 Å². The van der Waals surface area contributed by atoms with Gasteiger partial charge in [-0.15, -0.1) is 0 Å². The van der Waals surface area contributed by atoms with Crippen molar-refractivity contribution in [2.24, 2.45) is 0 Å². The molecule has 0 aliphatic rings. The topological polar surface area (TPSA) is 8.17 Å². The Kier molecular flexibility index (Phi) is 7.53. The molecule has 0 saturated carbocycles. The summed E-state index contributed by atoms with van der Waals surface area (Å²) in [6, 6.07) is 79.4. The van der Waals surface area contributed by atoms with E-state index in [1.165, 1.54) is 76.4 Å². The second-order valence-electron chi connectivity index (χ2n) is 14.6. The highest BCUT2D eigenvalue weighted by atomic mass is 15.1. The number of anilines is 3. The zero-order valence-corrected chi connectivity index (χ0v) is 30.7. The maximum atomic E-state index is 2.44. The van der Waals surface area contributed by atoms with Crippen molar-refractivity contribution in [2.45, 2.75) is 0 Å². The summed E-state index contributed by atoms with van der Waals surface area (Å²) in [7, 11) is 0. The van der Waals surface area contributed by atoms with E-state index < -0.39 is 0 Å². The Hall–Kier alpha value is -7.42. The summed E-state index contributed by atoms with van der Waals surface area (Å²) >= 11 is 0. The lowest BCUT2D eigenvalue weighted by Crippen LogP contribution is -2.10. The SMILES string of the molecule is c1ccc(-c2ccc(N(c3ccc(-c4cccc5ccccc45)cc3)c3ccc4cc(-n5c6ccccc6c6ccc7ccccc7c65)ccc4c3)cc2)cc1. The Bertz CT molecular complexity index is 3220. The maximum absolute atomic E-state index is 2.44. The molecule has 0 unspecified atom stereocenters. The fourth-order valence-electron chi connectivity index (χ4n) is 8.65. The van der Waals surface area contributed by atoms with Crippen LogP contribution in [0.15, 0.2) is 218 Å². The largest absolute Gasteiger partial charge is 0.310 e. The molecule has 1 aromatic heterocycles. The second-order valence-corrected chi connectivity index (χ2v) is 14.6. The molecule has 11 rings (SSSR count). The van der Waals surface area contributed by atoms with E-state index in [4.69, 9.17) is 0 Å². The summed E-state index contributed by atoms with van der Waals surface area (Å²) in [6.07, 6.45) is 0. The first-order chi connectivity index (χ1) is 27.8. The third-order valence-corrected chi connectivity index (χ3v) is 11.3. The molecule has 0 radical (unpaired) electrons. The van der Waals surface area contributed by atoms with E-state index in [0.717, 1.165) is 22.7 Å². The molecule has 0 amide bonds. The summed E-state index contributed by atoms with van der Waals surface area (Å²) in [4.78, 5) is 2.37. The van der Waals surface area contributed by atoms with E-state index in [2.05, 4.69) is 228 Å². The quantitative estimate of drug-likeness (QED) is 0.167. The molecule has 2 heteroatoms. The number of para-hydroxylation sites is 1. The number of hydrogen-bond acceptors (Lipinski definition) is 1. The molecule has 0 bridgehead atoms. The molecule has 11 aromatic rings. The molecule has 0 saturated heterocycles. The Labute approximate surface area is 325 Å². The fraction of sp³-hybridized carbons (Fsp3) is 0. The molecule has 262 valence electrons. The predicted molar refractivity (Wildman–Crippen MR) is 239 cm³/mol. The zero-order valence-electron chi connectivity index (χ0n) is 30.7. The summed E-state index contributed by atoms with van der Waals surface area (Å²) in [5.74, 6) is 0. The first kappa shape index (κ1) is 32.0. The molecule has 0 atom stereocenters. The lowest BCUT2D eigenvalue weighted by Gasteiger charge is -2.26. The molecule has 10 aromatic carbocycles. The smallest absolute Gasteiger partial charge is 0.0619 e. The van der Waals surface area contributed by atoms with Crippen LogP contribution in [0.25, 0.3) is 82.1 Å². The van der Waals surface area contributed by atoms with E-state index in [1.54, 1.807) is 0 Å². The van der Waals surface area contributed by atoms with Crippen LogP contribution >= 0.6 is 0 Å². The third-order valence-electron chi connectivity index (χ3n) is 11.3. The molecule has 0 fully saturated rings. The van der Waals surface area contributed by atoms with Crippen molar-refractivity contribution in [2.75, 3.05) is 4.90 Å². The predicted octanol–water partition coefficient (Wildman–Crippen LogP) is 15.0. The van der Waals surface area contributed by atoms with Gasteiger partial charge in [0.25, 0.3) is 0 Å². The normalized spacial score (nSPS) is 11.6. The van der Waals surface area contributed by atoms with Crippen LogP contribution in [0, 0.1) is 0 Å². The average Bonchev–Trinajstić information content (AvgIpc) is 3.62. The molecular weight excluding hydrogens is 677 g/mol. The van der Waals surface area contributed by atoms with E-state index in [1.807, 2.05) is 0 Å². The van der Waals surface area contributed by atoms with Crippen molar-refractivity contribution < 1.29 is 0 Å². The van der Waals surface area contributed by atoms with Gasteiger partial charge in [0.15, 0.2) is 0 Å². The number of aromatic nitrogens is 1. The number of fused-ring (bicyclic) bond motifs is 7. The summed E-state index contributed by atoms with van der Waals surface area (Å²) in [5.41, 5.74) is 11.8. The van der Waals surface area contributed by atoms with Gasteiger partial charge < -0.3 is 9.47 Å². The van der Waals surface area contributed by atoms with Crippen LogP contribution in [-0.4, -0.2) is 4.57 Å². The Morgan fingerprint density at radius 1 is 0.304 bits per heavy atom. The van der Waals surface area contributed by atoms with Crippen molar-refractivity contribution in [3.63, 3.8) is 0 Å².